The highest BCUT2D eigenvalue weighted by molar-refractivity contribution is 7.99. The standard InChI is InChI=1S/C24H21N5O4S/c1-14-5-3-4-6-19(14)29-21-18(12-25-29)22(31)28-17(13-34-24(28)27-21)11-20(30)26-16-9-7-15(8-10-16)23(32)33-2/h3-10,12,17H,11,13H2,1-2H3,(H,26,30). The van der Waals surface area contributed by atoms with E-state index in [0.717, 1.165) is 11.3 Å². The third-order valence-corrected chi connectivity index (χ3v) is 6.82. The van der Waals surface area contributed by atoms with Gasteiger partial charge in [0, 0.05) is 17.9 Å². The van der Waals surface area contributed by atoms with Crippen molar-refractivity contribution in [2.75, 3.05) is 18.2 Å². The fourth-order valence-corrected chi connectivity index (χ4v) is 5.12. The van der Waals surface area contributed by atoms with E-state index in [2.05, 4.69) is 15.2 Å². The number of amides is 1. The third kappa shape index (κ3) is 3.86. The summed E-state index contributed by atoms with van der Waals surface area (Å²) >= 11 is 1.45. The Balaban J connectivity index is 1.38. The molecule has 0 fully saturated rings. The van der Waals surface area contributed by atoms with Gasteiger partial charge in [0.05, 0.1) is 30.6 Å². The maximum Gasteiger partial charge on any atom is 0.337 e. The predicted octanol–water partition coefficient (Wildman–Crippen LogP) is 3.35. The zero-order chi connectivity index (χ0) is 23.8. The zero-order valence-electron chi connectivity index (χ0n) is 18.5. The molecular formula is C24H21N5O4S. The summed E-state index contributed by atoms with van der Waals surface area (Å²) in [4.78, 5) is 42.3. The minimum absolute atomic E-state index is 0.123. The number of nitrogens with zero attached hydrogens (tertiary/aromatic N) is 4. The normalized spacial score (nSPS) is 14.7. The van der Waals surface area contributed by atoms with Crippen LogP contribution in [-0.2, 0) is 9.53 Å². The Morgan fingerprint density at radius 3 is 2.68 bits per heavy atom. The van der Waals surface area contributed by atoms with Crippen molar-refractivity contribution in [3.8, 4) is 5.69 Å². The number of aromatic nitrogens is 4. The second-order valence-corrected chi connectivity index (χ2v) is 8.92. The van der Waals surface area contributed by atoms with E-state index in [1.165, 1.54) is 25.1 Å². The minimum Gasteiger partial charge on any atom is -0.465 e. The molecule has 0 bridgehead atoms. The van der Waals surface area contributed by atoms with Crippen LogP contribution in [0.5, 0.6) is 0 Å². The molecule has 9 nitrogen and oxygen atoms in total. The van der Waals surface area contributed by atoms with Crippen LogP contribution in [0.15, 0.2) is 64.7 Å². The lowest BCUT2D eigenvalue weighted by Gasteiger charge is -2.14. The maximum atomic E-state index is 13.3. The molecule has 4 aromatic rings. The lowest BCUT2D eigenvalue weighted by Crippen LogP contribution is -2.27. The van der Waals surface area contributed by atoms with Gasteiger partial charge >= 0.3 is 5.97 Å². The molecule has 0 spiro atoms. The van der Waals surface area contributed by atoms with Crippen LogP contribution in [0.25, 0.3) is 16.7 Å². The molecule has 1 N–H and O–H groups in total. The topological polar surface area (TPSA) is 108 Å². The fraction of sp³-hybridized carbons (Fsp3) is 0.208. The first-order chi connectivity index (χ1) is 16.5. The molecule has 1 unspecified atom stereocenters. The number of thioether (sulfide) groups is 1. The Hall–Kier alpha value is -3.92. The second-order valence-electron chi connectivity index (χ2n) is 7.94. The van der Waals surface area contributed by atoms with Crippen LogP contribution in [0.4, 0.5) is 5.69 Å². The number of nitrogens with one attached hydrogen (secondary N) is 1. The van der Waals surface area contributed by atoms with Crippen molar-refractivity contribution >= 4 is 40.4 Å². The number of hydrogen-bond donors (Lipinski definition) is 1. The molecule has 172 valence electrons. The van der Waals surface area contributed by atoms with Crippen molar-refractivity contribution in [2.45, 2.75) is 24.5 Å². The van der Waals surface area contributed by atoms with Gasteiger partial charge in [-0.05, 0) is 42.8 Å². The summed E-state index contributed by atoms with van der Waals surface area (Å²) in [5.41, 5.74) is 3.15. The molecular weight excluding hydrogens is 454 g/mol. The molecule has 1 aliphatic heterocycles. The number of ether oxygens (including phenoxy) is 1. The van der Waals surface area contributed by atoms with Crippen LogP contribution >= 0.6 is 11.8 Å². The first-order valence-electron chi connectivity index (χ1n) is 10.6. The summed E-state index contributed by atoms with van der Waals surface area (Å²) < 4.78 is 7.96. The fourth-order valence-electron chi connectivity index (χ4n) is 3.99. The molecule has 1 amide bonds. The molecule has 0 saturated carbocycles. The number of fused-ring (bicyclic) bond motifs is 2. The van der Waals surface area contributed by atoms with Gasteiger partial charge in [-0.1, -0.05) is 30.0 Å². The molecule has 2 aromatic carbocycles. The summed E-state index contributed by atoms with van der Waals surface area (Å²) in [5, 5.41) is 8.23. The number of methoxy groups -OCH3 is 1. The summed E-state index contributed by atoms with van der Waals surface area (Å²) in [6.45, 7) is 1.98. The Labute approximate surface area is 198 Å². The molecule has 1 atom stereocenters. The molecule has 0 radical (unpaired) electrons. The average molecular weight is 476 g/mol. The van der Waals surface area contributed by atoms with E-state index in [4.69, 9.17) is 4.98 Å². The predicted molar refractivity (Wildman–Crippen MR) is 129 cm³/mol. The Morgan fingerprint density at radius 1 is 1.18 bits per heavy atom. The van der Waals surface area contributed by atoms with Gasteiger partial charge in [0.1, 0.15) is 5.39 Å². The Kier molecular flexibility index (Phi) is 5.66. The molecule has 5 rings (SSSR count). The SMILES string of the molecule is COC(=O)c1ccc(NC(=O)CC2CSc3nc4c(cnn4-c4ccccc4C)c(=O)n32)cc1. The average Bonchev–Trinajstić information content (AvgIpc) is 3.44. The summed E-state index contributed by atoms with van der Waals surface area (Å²) in [6, 6.07) is 13.9. The van der Waals surface area contributed by atoms with E-state index in [9.17, 15) is 14.4 Å². The second kappa shape index (κ2) is 8.79. The lowest BCUT2D eigenvalue weighted by molar-refractivity contribution is -0.116. The van der Waals surface area contributed by atoms with Gasteiger partial charge in [-0.2, -0.15) is 5.10 Å². The summed E-state index contributed by atoms with van der Waals surface area (Å²) in [6.07, 6.45) is 1.66. The Morgan fingerprint density at radius 2 is 1.94 bits per heavy atom. The minimum atomic E-state index is -0.443. The number of aryl methyl sites for hydroxylation is 1. The van der Waals surface area contributed by atoms with Crippen LogP contribution in [0.1, 0.15) is 28.4 Å². The highest BCUT2D eigenvalue weighted by Crippen LogP contribution is 2.33. The van der Waals surface area contributed by atoms with Crippen molar-refractivity contribution in [3.63, 3.8) is 0 Å². The van der Waals surface area contributed by atoms with Crippen molar-refractivity contribution in [1.29, 1.82) is 0 Å². The first kappa shape index (κ1) is 21.9. The highest BCUT2D eigenvalue weighted by atomic mass is 32.2. The molecule has 10 heteroatoms. The third-order valence-electron chi connectivity index (χ3n) is 5.73. The van der Waals surface area contributed by atoms with E-state index in [1.54, 1.807) is 33.5 Å². The van der Waals surface area contributed by atoms with Crippen LogP contribution in [0.2, 0.25) is 0 Å². The van der Waals surface area contributed by atoms with Gasteiger partial charge in [0.15, 0.2) is 10.8 Å². The lowest BCUT2D eigenvalue weighted by atomic mass is 10.2. The van der Waals surface area contributed by atoms with Crippen molar-refractivity contribution in [3.05, 3.63) is 76.2 Å². The van der Waals surface area contributed by atoms with Crippen LogP contribution in [-0.4, -0.2) is 44.1 Å². The highest BCUT2D eigenvalue weighted by Gasteiger charge is 2.29. The quantitative estimate of drug-likeness (QED) is 0.348. The molecule has 34 heavy (non-hydrogen) atoms. The number of benzene rings is 2. The Bertz CT molecular complexity index is 1480. The van der Waals surface area contributed by atoms with E-state index >= 15 is 0 Å². The molecule has 3 heterocycles. The molecule has 2 aromatic heterocycles. The number of esters is 1. The van der Waals surface area contributed by atoms with E-state index in [-0.39, 0.29) is 23.9 Å². The van der Waals surface area contributed by atoms with Crippen molar-refractivity contribution in [1.82, 2.24) is 19.3 Å². The van der Waals surface area contributed by atoms with Crippen molar-refractivity contribution in [2.24, 2.45) is 0 Å². The van der Waals surface area contributed by atoms with Gasteiger partial charge in [-0.25, -0.2) is 14.5 Å². The van der Waals surface area contributed by atoms with E-state index in [1.807, 2.05) is 31.2 Å². The van der Waals surface area contributed by atoms with Crippen LogP contribution in [0, 0.1) is 6.92 Å². The van der Waals surface area contributed by atoms with Gasteiger partial charge in [0.25, 0.3) is 5.56 Å². The molecule has 1 aliphatic rings. The smallest absolute Gasteiger partial charge is 0.337 e. The number of carbonyl (C=O) groups excluding carboxylic acids is 2. The van der Waals surface area contributed by atoms with Crippen LogP contribution in [0.3, 0.4) is 0 Å². The first-order valence-corrected chi connectivity index (χ1v) is 11.6. The number of rotatable bonds is 5. The molecule has 0 saturated heterocycles. The van der Waals surface area contributed by atoms with E-state index < -0.39 is 5.97 Å². The zero-order valence-corrected chi connectivity index (χ0v) is 19.3. The van der Waals surface area contributed by atoms with Gasteiger partial charge in [0.2, 0.25) is 5.91 Å². The number of para-hydroxylation sites is 1. The summed E-state index contributed by atoms with van der Waals surface area (Å²) in [7, 11) is 1.31. The maximum absolute atomic E-state index is 13.3. The van der Waals surface area contributed by atoms with Gasteiger partial charge in [-0.15, -0.1) is 0 Å². The monoisotopic (exact) mass is 475 g/mol. The van der Waals surface area contributed by atoms with Crippen LogP contribution < -0.4 is 10.9 Å². The van der Waals surface area contributed by atoms with E-state index in [0.29, 0.717) is 33.2 Å². The van der Waals surface area contributed by atoms with Gasteiger partial charge < -0.3 is 10.1 Å². The van der Waals surface area contributed by atoms with Gasteiger partial charge in [-0.3, -0.25) is 14.2 Å². The number of carbonyl (C=O) groups is 2. The largest absolute Gasteiger partial charge is 0.465 e. The van der Waals surface area contributed by atoms with Crippen molar-refractivity contribution < 1.29 is 14.3 Å². The number of anilines is 1. The number of hydrogen-bond acceptors (Lipinski definition) is 7. The molecule has 0 aliphatic carbocycles. The summed E-state index contributed by atoms with van der Waals surface area (Å²) in [5.74, 6) is -0.102.